The zero-order valence-electron chi connectivity index (χ0n) is 11.4. The zero-order chi connectivity index (χ0) is 12.5. The van der Waals surface area contributed by atoms with Gasteiger partial charge in [-0.15, -0.1) is 0 Å². The summed E-state index contributed by atoms with van der Waals surface area (Å²) in [5.41, 5.74) is -0.257. The van der Waals surface area contributed by atoms with Crippen LogP contribution in [-0.2, 0) is 4.79 Å². The van der Waals surface area contributed by atoms with Crippen LogP contribution in [0.3, 0.4) is 0 Å². The van der Waals surface area contributed by atoms with Crippen LogP contribution in [-0.4, -0.2) is 24.5 Å². The normalized spacial score (nSPS) is 32.5. The van der Waals surface area contributed by atoms with Gasteiger partial charge in [-0.3, -0.25) is 4.79 Å². The number of rotatable bonds is 3. The monoisotopic (exact) mass is 238 g/mol. The maximum absolute atomic E-state index is 11.7. The van der Waals surface area contributed by atoms with Gasteiger partial charge in [0.05, 0.1) is 0 Å². The van der Waals surface area contributed by atoms with E-state index in [2.05, 4.69) is 10.6 Å². The molecule has 98 valence electrons. The number of carbonyl (C=O) groups excluding carboxylic acids is 1. The minimum Gasteiger partial charge on any atom is -0.356 e. The van der Waals surface area contributed by atoms with Gasteiger partial charge in [0.1, 0.15) is 0 Å². The van der Waals surface area contributed by atoms with Gasteiger partial charge in [-0.1, -0.05) is 20.8 Å². The van der Waals surface area contributed by atoms with Crippen molar-refractivity contribution in [2.24, 2.45) is 11.3 Å². The first-order valence-electron chi connectivity index (χ1n) is 6.99. The second kappa shape index (κ2) is 4.97. The summed E-state index contributed by atoms with van der Waals surface area (Å²) < 4.78 is 0. The standard InChI is InChI=1S/C14H26N2O/c1-14(2,3)13(17)15-7-6-10-8-11-4-5-12(9-10)16-11/h10-12,16H,4-9H2,1-3H3,(H,15,17). The highest BCUT2D eigenvalue weighted by molar-refractivity contribution is 5.81. The highest BCUT2D eigenvalue weighted by Crippen LogP contribution is 2.32. The van der Waals surface area contributed by atoms with Crippen LogP contribution < -0.4 is 10.6 Å². The van der Waals surface area contributed by atoms with Crippen LogP contribution in [0.25, 0.3) is 0 Å². The van der Waals surface area contributed by atoms with Crippen LogP contribution in [0.2, 0.25) is 0 Å². The van der Waals surface area contributed by atoms with Crippen molar-refractivity contribution in [1.29, 1.82) is 0 Å². The Bertz CT molecular complexity index is 270. The summed E-state index contributed by atoms with van der Waals surface area (Å²) in [5, 5.41) is 6.72. The number of hydrogen-bond acceptors (Lipinski definition) is 2. The van der Waals surface area contributed by atoms with Crippen LogP contribution in [0.4, 0.5) is 0 Å². The molecule has 2 saturated heterocycles. The van der Waals surface area contributed by atoms with Crippen LogP contribution >= 0.6 is 0 Å². The van der Waals surface area contributed by atoms with E-state index in [4.69, 9.17) is 0 Å². The quantitative estimate of drug-likeness (QED) is 0.790. The highest BCUT2D eigenvalue weighted by Gasteiger charge is 2.33. The third kappa shape index (κ3) is 3.44. The Hall–Kier alpha value is -0.570. The Morgan fingerprint density at radius 3 is 2.35 bits per heavy atom. The minimum absolute atomic E-state index is 0.175. The van der Waals surface area contributed by atoms with Gasteiger partial charge in [0.15, 0.2) is 0 Å². The number of hydrogen-bond donors (Lipinski definition) is 2. The molecular formula is C14H26N2O. The van der Waals surface area contributed by atoms with Crippen molar-refractivity contribution in [3.63, 3.8) is 0 Å². The van der Waals surface area contributed by atoms with Gasteiger partial charge in [0.2, 0.25) is 5.91 Å². The predicted octanol–water partition coefficient (Wildman–Crippen LogP) is 2.07. The van der Waals surface area contributed by atoms with E-state index in [0.717, 1.165) is 31.0 Å². The molecule has 0 spiro atoms. The molecule has 17 heavy (non-hydrogen) atoms. The van der Waals surface area contributed by atoms with E-state index < -0.39 is 0 Å². The molecule has 0 aromatic rings. The molecule has 0 aromatic carbocycles. The van der Waals surface area contributed by atoms with E-state index in [1.807, 2.05) is 20.8 Å². The summed E-state index contributed by atoms with van der Waals surface area (Å²) in [7, 11) is 0. The fraction of sp³-hybridized carbons (Fsp3) is 0.929. The molecule has 0 aromatic heterocycles. The molecule has 2 bridgehead atoms. The predicted molar refractivity (Wildman–Crippen MR) is 69.8 cm³/mol. The van der Waals surface area contributed by atoms with Gasteiger partial charge in [-0.05, 0) is 38.0 Å². The van der Waals surface area contributed by atoms with Crippen molar-refractivity contribution >= 4 is 5.91 Å². The summed E-state index contributed by atoms with van der Waals surface area (Å²) >= 11 is 0. The van der Waals surface area contributed by atoms with Crippen molar-refractivity contribution in [3.8, 4) is 0 Å². The van der Waals surface area contributed by atoms with E-state index in [9.17, 15) is 4.79 Å². The average Bonchev–Trinajstić information content (AvgIpc) is 2.56. The fourth-order valence-electron chi connectivity index (χ4n) is 3.07. The van der Waals surface area contributed by atoms with E-state index in [1.54, 1.807) is 0 Å². The van der Waals surface area contributed by atoms with Crippen molar-refractivity contribution in [1.82, 2.24) is 10.6 Å². The maximum atomic E-state index is 11.7. The molecular weight excluding hydrogens is 212 g/mol. The van der Waals surface area contributed by atoms with Crippen molar-refractivity contribution < 1.29 is 4.79 Å². The topological polar surface area (TPSA) is 41.1 Å². The molecule has 3 heteroatoms. The Morgan fingerprint density at radius 1 is 1.24 bits per heavy atom. The third-order valence-electron chi connectivity index (χ3n) is 4.09. The lowest BCUT2D eigenvalue weighted by atomic mass is 9.89. The Kier molecular flexibility index (Phi) is 3.76. The SMILES string of the molecule is CC(C)(C)C(=O)NCCC1CC2CCC(C1)N2. The molecule has 2 atom stereocenters. The minimum atomic E-state index is -0.257. The van der Waals surface area contributed by atoms with Gasteiger partial charge in [0, 0.05) is 24.0 Å². The largest absolute Gasteiger partial charge is 0.356 e. The molecule has 0 radical (unpaired) electrons. The first-order valence-corrected chi connectivity index (χ1v) is 6.99. The second-order valence-corrected chi connectivity index (χ2v) is 6.77. The lowest BCUT2D eigenvalue weighted by molar-refractivity contribution is -0.128. The molecule has 2 fully saturated rings. The highest BCUT2D eigenvalue weighted by atomic mass is 16.2. The summed E-state index contributed by atoms with van der Waals surface area (Å²) in [6.07, 6.45) is 6.48. The van der Waals surface area contributed by atoms with Crippen LogP contribution in [0.15, 0.2) is 0 Å². The smallest absolute Gasteiger partial charge is 0.225 e. The van der Waals surface area contributed by atoms with Gasteiger partial charge < -0.3 is 10.6 Å². The van der Waals surface area contributed by atoms with Crippen molar-refractivity contribution in [3.05, 3.63) is 0 Å². The Labute approximate surface area is 105 Å². The van der Waals surface area contributed by atoms with Crippen molar-refractivity contribution in [2.75, 3.05) is 6.54 Å². The van der Waals surface area contributed by atoms with Gasteiger partial charge >= 0.3 is 0 Å². The van der Waals surface area contributed by atoms with E-state index in [1.165, 1.54) is 25.7 Å². The average molecular weight is 238 g/mol. The number of nitrogens with one attached hydrogen (secondary N) is 2. The number of carbonyl (C=O) groups is 1. The molecule has 2 aliphatic rings. The lowest BCUT2D eigenvalue weighted by Gasteiger charge is -2.29. The first-order chi connectivity index (χ1) is 7.95. The molecule has 3 nitrogen and oxygen atoms in total. The van der Waals surface area contributed by atoms with Crippen LogP contribution in [0.1, 0.15) is 52.9 Å². The molecule has 2 aliphatic heterocycles. The summed E-state index contributed by atoms with van der Waals surface area (Å²) in [4.78, 5) is 11.7. The Morgan fingerprint density at radius 2 is 1.82 bits per heavy atom. The molecule has 1 amide bonds. The first kappa shape index (κ1) is 12.9. The molecule has 2 heterocycles. The zero-order valence-corrected chi connectivity index (χ0v) is 11.4. The molecule has 2 unspecified atom stereocenters. The number of amides is 1. The molecule has 0 aliphatic carbocycles. The van der Waals surface area contributed by atoms with Crippen LogP contribution in [0, 0.1) is 11.3 Å². The third-order valence-corrected chi connectivity index (χ3v) is 4.09. The summed E-state index contributed by atoms with van der Waals surface area (Å²) in [6, 6.07) is 1.52. The van der Waals surface area contributed by atoms with Gasteiger partial charge in [-0.2, -0.15) is 0 Å². The lowest BCUT2D eigenvalue weighted by Crippen LogP contribution is -2.40. The van der Waals surface area contributed by atoms with E-state index in [-0.39, 0.29) is 11.3 Å². The van der Waals surface area contributed by atoms with Gasteiger partial charge in [0.25, 0.3) is 0 Å². The number of piperidine rings is 1. The fourth-order valence-corrected chi connectivity index (χ4v) is 3.07. The molecule has 0 saturated carbocycles. The van der Waals surface area contributed by atoms with E-state index >= 15 is 0 Å². The van der Waals surface area contributed by atoms with Crippen LogP contribution in [0.5, 0.6) is 0 Å². The molecule has 2 rings (SSSR count). The Balaban J connectivity index is 1.67. The van der Waals surface area contributed by atoms with Crippen molar-refractivity contribution in [2.45, 2.75) is 65.0 Å². The summed E-state index contributed by atoms with van der Waals surface area (Å²) in [6.45, 7) is 6.74. The van der Waals surface area contributed by atoms with Gasteiger partial charge in [-0.25, -0.2) is 0 Å². The van der Waals surface area contributed by atoms with E-state index in [0.29, 0.717) is 0 Å². The number of fused-ring (bicyclic) bond motifs is 2. The summed E-state index contributed by atoms with van der Waals surface area (Å²) in [5.74, 6) is 0.989. The molecule has 2 N–H and O–H groups in total. The maximum Gasteiger partial charge on any atom is 0.225 e. The second-order valence-electron chi connectivity index (χ2n) is 6.77.